The molecule has 100 valence electrons. The Morgan fingerprint density at radius 3 is 2.68 bits per heavy atom. The third kappa shape index (κ3) is 2.31. The molecule has 1 aromatic heterocycles. The summed E-state index contributed by atoms with van der Waals surface area (Å²) < 4.78 is 4.84. The molecule has 1 atom stereocenters. The Hall–Kier alpha value is -1.94. The van der Waals surface area contributed by atoms with Crippen LogP contribution in [0.25, 0.3) is 10.9 Å². The van der Waals surface area contributed by atoms with E-state index in [0.717, 1.165) is 16.5 Å². The zero-order chi connectivity index (χ0) is 14.0. The molecule has 2 aromatic rings. The first kappa shape index (κ1) is 13.5. The quantitative estimate of drug-likeness (QED) is 0.859. The number of rotatable bonds is 3. The average Bonchev–Trinajstić information content (AvgIpc) is 2.44. The molecule has 1 aromatic carbocycles. The predicted molar refractivity (Wildman–Crippen MR) is 74.5 cm³/mol. The Labute approximate surface area is 112 Å². The van der Waals surface area contributed by atoms with Crippen LogP contribution in [0, 0.1) is 5.41 Å². The fraction of sp³-hybridized carbons (Fsp3) is 0.333. The highest BCUT2D eigenvalue weighted by Crippen LogP contribution is 2.35. The number of nitrogens with two attached hydrogens (primary N) is 1. The van der Waals surface area contributed by atoms with Gasteiger partial charge in [0.2, 0.25) is 0 Å². The Morgan fingerprint density at radius 2 is 2.00 bits per heavy atom. The van der Waals surface area contributed by atoms with Gasteiger partial charge >= 0.3 is 5.97 Å². The number of aromatic nitrogens is 1. The molecule has 19 heavy (non-hydrogen) atoms. The SMILES string of the molecule is COC(=O)C(C)(C)[C@H](N)c1ccnc2ccccc12. The Bertz CT molecular complexity index is 603. The number of esters is 1. The van der Waals surface area contributed by atoms with Crippen molar-refractivity contribution in [1.82, 2.24) is 4.98 Å². The van der Waals surface area contributed by atoms with E-state index in [0.29, 0.717) is 0 Å². The highest BCUT2D eigenvalue weighted by Gasteiger charge is 2.37. The van der Waals surface area contributed by atoms with Crippen LogP contribution < -0.4 is 5.73 Å². The van der Waals surface area contributed by atoms with Crippen LogP contribution in [-0.2, 0) is 9.53 Å². The molecule has 0 aliphatic rings. The average molecular weight is 258 g/mol. The molecule has 0 fully saturated rings. The van der Waals surface area contributed by atoms with E-state index < -0.39 is 11.5 Å². The van der Waals surface area contributed by atoms with Crippen LogP contribution in [0.3, 0.4) is 0 Å². The number of hydrogen-bond acceptors (Lipinski definition) is 4. The molecule has 0 unspecified atom stereocenters. The second-order valence-electron chi connectivity index (χ2n) is 5.11. The lowest BCUT2D eigenvalue weighted by Crippen LogP contribution is -2.37. The lowest BCUT2D eigenvalue weighted by Gasteiger charge is -2.29. The summed E-state index contributed by atoms with van der Waals surface area (Å²) in [5.74, 6) is -0.319. The Kier molecular flexibility index (Phi) is 3.53. The maximum Gasteiger partial charge on any atom is 0.313 e. The normalized spacial score (nSPS) is 13.3. The smallest absolute Gasteiger partial charge is 0.313 e. The summed E-state index contributed by atoms with van der Waals surface area (Å²) in [7, 11) is 1.38. The highest BCUT2D eigenvalue weighted by molar-refractivity contribution is 5.84. The molecule has 1 heterocycles. The number of carbonyl (C=O) groups excluding carboxylic acids is 1. The molecule has 0 amide bonds. The summed E-state index contributed by atoms with van der Waals surface area (Å²) in [6.45, 7) is 3.58. The predicted octanol–water partition coefficient (Wildman–Crippen LogP) is 2.43. The molecule has 0 saturated carbocycles. The molecular weight excluding hydrogens is 240 g/mol. The van der Waals surface area contributed by atoms with Crippen LogP contribution in [0.1, 0.15) is 25.5 Å². The summed E-state index contributed by atoms with van der Waals surface area (Å²) in [4.78, 5) is 16.2. The number of fused-ring (bicyclic) bond motifs is 1. The number of hydrogen-bond donors (Lipinski definition) is 1. The van der Waals surface area contributed by atoms with Crippen LogP contribution in [0.5, 0.6) is 0 Å². The zero-order valence-electron chi connectivity index (χ0n) is 11.4. The third-order valence-electron chi connectivity index (χ3n) is 3.51. The molecule has 2 N–H and O–H groups in total. The second kappa shape index (κ2) is 4.97. The first-order valence-electron chi connectivity index (χ1n) is 6.16. The van der Waals surface area contributed by atoms with Crippen LogP contribution in [-0.4, -0.2) is 18.1 Å². The van der Waals surface area contributed by atoms with Crippen molar-refractivity contribution in [1.29, 1.82) is 0 Å². The minimum absolute atomic E-state index is 0.319. The first-order valence-corrected chi connectivity index (χ1v) is 6.16. The fourth-order valence-electron chi connectivity index (χ4n) is 2.17. The molecular formula is C15H18N2O2. The third-order valence-corrected chi connectivity index (χ3v) is 3.51. The summed E-state index contributed by atoms with van der Waals surface area (Å²) in [5.41, 5.74) is 7.27. The Balaban J connectivity index is 2.53. The van der Waals surface area contributed by atoms with E-state index in [4.69, 9.17) is 10.5 Å². The number of carbonyl (C=O) groups is 1. The number of methoxy groups -OCH3 is 1. The van der Waals surface area contributed by atoms with E-state index >= 15 is 0 Å². The molecule has 4 heteroatoms. The van der Waals surface area contributed by atoms with Crippen LogP contribution >= 0.6 is 0 Å². The van der Waals surface area contributed by atoms with E-state index in [9.17, 15) is 4.79 Å². The molecule has 0 radical (unpaired) electrons. The standard InChI is InChI=1S/C15H18N2O2/c1-15(2,14(18)19-3)13(16)11-8-9-17-12-7-5-4-6-10(11)12/h4-9,13H,16H2,1-3H3/t13-/m1/s1. The molecule has 0 bridgehead atoms. The molecule has 0 spiro atoms. The summed E-state index contributed by atoms with van der Waals surface area (Å²) in [5, 5.41) is 0.967. The van der Waals surface area contributed by atoms with E-state index in [1.807, 2.05) is 30.3 Å². The molecule has 0 saturated heterocycles. The van der Waals surface area contributed by atoms with Crippen molar-refractivity contribution in [3.63, 3.8) is 0 Å². The monoisotopic (exact) mass is 258 g/mol. The number of ether oxygens (including phenoxy) is 1. The lowest BCUT2D eigenvalue weighted by atomic mass is 9.80. The van der Waals surface area contributed by atoms with Crippen molar-refractivity contribution in [2.45, 2.75) is 19.9 Å². The van der Waals surface area contributed by atoms with Gasteiger partial charge in [0.05, 0.1) is 18.0 Å². The van der Waals surface area contributed by atoms with Gasteiger partial charge in [0, 0.05) is 17.6 Å². The number of benzene rings is 1. The fourth-order valence-corrected chi connectivity index (χ4v) is 2.17. The summed E-state index contributed by atoms with van der Waals surface area (Å²) >= 11 is 0. The highest BCUT2D eigenvalue weighted by atomic mass is 16.5. The molecule has 4 nitrogen and oxygen atoms in total. The van der Waals surface area contributed by atoms with Gasteiger partial charge in [-0.05, 0) is 31.5 Å². The van der Waals surface area contributed by atoms with Crippen LogP contribution in [0.15, 0.2) is 36.5 Å². The van der Waals surface area contributed by atoms with E-state index in [-0.39, 0.29) is 5.97 Å². The zero-order valence-corrected chi connectivity index (χ0v) is 11.4. The molecule has 0 aliphatic carbocycles. The van der Waals surface area contributed by atoms with Crippen molar-refractivity contribution in [2.75, 3.05) is 7.11 Å². The van der Waals surface area contributed by atoms with Crippen molar-refractivity contribution in [2.24, 2.45) is 11.1 Å². The number of para-hydroxylation sites is 1. The van der Waals surface area contributed by atoms with Gasteiger partial charge in [0.25, 0.3) is 0 Å². The van der Waals surface area contributed by atoms with Gasteiger partial charge in [0.1, 0.15) is 0 Å². The van der Waals surface area contributed by atoms with Crippen LogP contribution in [0.4, 0.5) is 0 Å². The second-order valence-corrected chi connectivity index (χ2v) is 5.11. The van der Waals surface area contributed by atoms with Crippen molar-refractivity contribution in [3.8, 4) is 0 Å². The van der Waals surface area contributed by atoms with E-state index in [1.54, 1.807) is 20.0 Å². The first-order chi connectivity index (χ1) is 8.98. The van der Waals surface area contributed by atoms with Gasteiger partial charge < -0.3 is 10.5 Å². The van der Waals surface area contributed by atoms with Crippen LogP contribution in [0.2, 0.25) is 0 Å². The van der Waals surface area contributed by atoms with Gasteiger partial charge in [-0.15, -0.1) is 0 Å². The number of pyridine rings is 1. The largest absolute Gasteiger partial charge is 0.469 e. The minimum Gasteiger partial charge on any atom is -0.469 e. The van der Waals surface area contributed by atoms with Gasteiger partial charge in [-0.2, -0.15) is 0 Å². The molecule has 2 rings (SSSR count). The minimum atomic E-state index is -0.793. The van der Waals surface area contributed by atoms with Gasteiger partial charge in [-0.25, -0.2) is 0 Å². The van der Waals surface area contributed by atoms with Crippen molar-refractivity contribution >= 4 is 16.9 Å². The maximum absolute atomic E-state index is 11.9. The topological polar surface area (TPSA) is 65.2 Å². The number of nitrogens with zero attached hydrogens (tertiary/aromatic N) is 1. The summed E-state index contributed by atoms with van der Waals surface area (Å²) in [6, 6.07) is 9.16. The van der Waals surface area contributed by atoms with Gasteiger partial charge in [-0.3, -0.25) is 9.78 Å². The van der Waals surface area contributed by atoms with Crippen molar-refractivity contribution in [3.05, 3.63) is 42.1 Å². The lowest BCUT2D eigenvalue weighted by molar-refractivity contribution is -0.152. The Morgan fingerprint density at radius 1 is 1.32 bits per heavy atom. The van der Waals surface area contributed by atoms with E-state index in [1.165, 1.54) is 7.11 Å². The van der Waals surface area contributed by atoms with E-state index in [2.05, 4.69) is 4.98 Å². The maximum atomic E-state index is 11.9. The van der Waals surface area contributed by atoms with Gasteiger partial charge in [-0.1, -0.05) is 18.2 Å². The summed E-state index contributed by atoms with van der Waals surface area (Å²) in [6.07, 6.45) is 1.71. The van der Waals surface area contributed by atoms with Crippen molar-refractivity contribution < 1.29 is 9.53 Å². The molecule has 0 aliphatic heterocycles. The van der Waals surface area contributed by atoms with Gasteiger partial charge in [0.15, 0.2) is 0 Å².